The van der Waals surface area contributed by atoms with E-state index in [0.717, 1.165) is 12.8 Å². The molecule has 3 N–H and O–H groups in total. The van der Waals surface area contributed by atoms with Crippen molar-refractivity contribution in [3.8, 4) is 0 Å². The molecule has 0 aliphatic rings. The summed E-state index contributed by atoms with van der Waals surface area (Å²) in [5.74, 6) is 0. The maximum atomic E-state index is 10.3. The summed E-state index contributed by atoms with van der Waals surface area (Å²) >= 11 is 0. The molecule has 0 aromatic carbocycles. The van der Waals surface area contributed by atoms with E-state index in [1.54, 1.807) is 6.08 Å². The van der Waals surface area contributed by atoms with Gasteiger partial charge in [-0.25, -0.2) is 4.79 Å². The van der Waals surface area contributed by atoms with Crippen molar-refractivity contribution >= 4 is 6.03 Å². The Morgan fingerprint density at radius 3 is 2.80 bits per heavy atom. The molecule has 2 amide bonds. The summed E-state index contributed by atoms with van der Waals surface area (Å²) in [6, 6.07) is -0.316. The van der Waals surface area contributed by atoms with Crippen LogP contribution in [0, 0.1) is 0 Å². The smallest absolute Gasteiger partial charge is 0.312 e. The molecule has 0 saturated carbocycles. The van der Waals surface area contributed by atoms with Gasteiger partial charge >= 0.3 is 6.03 Å². The van der Waals surface area contributed by atoms with Crippen molar-refractivity contribution in [1.82, 2.24) is 5.32 Å². The molecule has 0 rings (SSSR count). The Kier molecular flexibility index (Phi) is 4.37. The van der Waals surface area contributed by atoms with Gasteiger partial charge in [-0.3, -0.25) is 0 Å². The van der Waals surface area contributed by atoms with E-state index in [1.807, 2.05) is 6.92 Å². The van der Waals surface area contributed by atoms with Crippen molar-refractivity contribution in [2.75, 3.05) is 0 Å². The zero-order chi connectivity index (χ0) is 7.98. The third-order valence-corrected chi connectivity index (χ3v) is 1.29. The van der Waals surface area contributed by atoms with E-state index in [9.17, 15) is 4.79 Å². The Morgan fingerprint density at radius 1 is 1.90 bits per heavy atom. The third kappa shape index (κ3) is 3.95. The highest BCUT2D eigenvalue weighted by Crippen LogP contribution is 1.96. The van der Waals surface area contributed by atoms with Crippen LogP contribution in [0.3, 0.4) is 0 Å². The van der Waals surface area contributed by atoms with Crippen LogP contribution in [0.1, 0.15) is 19.8 Å². The average molecular weight is 142 g/mol. The summed E-state index contributed by atoms with van der Waals surface area (Å²) in [4.78, 5) is 10.3. The zero-order valence-corrected chi connectivity index (χ0v) is 6.26. The van der Waals surface area contributed by atoms with E-state index in [-0.39, 0.29) is 6.04 Å². The highest BCUT2D eigenvalue weighted by molar-refractivity contribution is 5.71. The van der Waals surface area contributed by atoms with Crippen LogP contribution in [0.15, 0.2) is 12.7 Å². The van der Waals surface area contributed by atoms with E-state index >= 15 is 0 Å². The Hall–Kier alpha value is -0.990. The van der Waals surface area contributed by atoms with Gasteiger partial charge in [0.05, 0.1) is 0 Å². The lowest BCUT2D eigenvalue weighted by Gasteiger charge is -2.11. The molecule has 0 aliphatic carbocycles. The van der Waals surface area contributed by atoms with Crippen molar-refractivity contribution in [1.29, 1.82) is 0 Å². The lowest BCUT2D eigenvalue weighted by atomic mass is 10.1. The van der Waals surface area contributed by atoms with Crippen LogP contribution in [0.4, 0.5) is 4.79 Å². The van der Waals surface area contributed by atoms with Gasteiger partial charge in [-0.1, -0.05) is 13.0 Å². The number of hydrogen-bond donors (Lipinski definition) is 2. The van der Waals surface area contributed by atoms with E-state index in [1.165, 1.54) is 0 Å². The second kappa shape index (κ2) is 4.85. The maximum Gasteiger partial charge on any atom is 0.312 e. The van der Waals surface area contributed by atoms with E-state index in [4.69, 9.17) is 5.73 Å². The lowest BCUT2D eigenvalue weighted by Crippen LogP contribution is -2.37. The van der Waals surface area contributed by atoms with Gasteiger partial charge in [0.25, 0.3) is 0 Å². The van der Waals surface area contributed by atoms with Gasteiger partial charge in [0, 0.05) is 6.04 Å². The van der Waals surface area contributed by atoms with Gasteiger partial charge in [-0.05, 0) is 12.8 Å². The molecule has 0 radical (unpaired) electrons. The summed E-state index contributed by atoms with van der Waals surface area (Å²) in [7, 11) is 0. The maximum absolute atomic E-state index is 10.3. The first kappa shape index (κ1) is 9.01. The number of urea groups is 1. The van der Waals surface area contributed by atoms with E-state index in [0.29, 0.717) is 0 Å². The van der Waals surface area contributed by atoms with Crippen molar-refractivity contribution in [3.05, 3.63) is 12.7 Å². The summed E-state index contributed by atoms with van der Waals surface area (Å²) < 4.78 is 0. The van der Waals surface area contributed by atoms with Crippen molar-refractivity contribution in [2.45, 2.75) is 25.8 Å². The first-order chi connectivity index (χ1) is 4.70. The van der Waals surface area contributed by atoms with Crippen LogP contribution in [0.25, 0.3) is 0 Å². The van der Waals surface area contributed by atoms with Gasteiger partial charge in [-0.15, -0.1) is 6.58 Å². The minimum Gasteiger partial charge on any atom is -0.352 e. The summed E-state index contributed by atoms with van der Waals surface area (Å²) in [6.45, 7) is 5.55. The molecule has 0 spiro atoms. The summed E-state index contributed by atoms with van der Waals surface area (Å²) in [5, 5.41) is 2.60. The lowest BCUT2D eigenvalue weighted by molar-refractivity contribution is 0.245. The normalized spacial score (nSPS) is 12.1. The molecule has 0 aromatic heterocycles. The van der Waals surface area contributed by atoms with Crippen molar-refractivity contribution in [2.24, 2.45) is 5.73 Å². The first-order valence-corrected chi connectivity index (χ1v) is 3.37. The molecular formula is C7H14N2O. The second-order valence-corrected chi connectivity index (χ2v) is 2.14. The minimum absolute atomic E-state index is 0.148. The van der Waals surface area contributed by atoms with Gasteiger partial charge in [-0.2, -0.15) is 0 Å². The SMILES string of the molecule is C=CCC(CC)NC(N)=O. The zero-order valence-electron chi connectivity index (χ0n) is 6.26. The van der Waals surface area contributed by atoms with Gasteiger partial charge < -0.3 is 11.1 Å². The minimum atomic E-state index is -0.464. The molecule has 3 nitrogen and oxygen atoms in total. The summed E-state index contributed by atoms with van der Waals surface area (Å²) in [6.07, 6.45) is 3.43. The molecule has 1 unspecified atom stereocenters. The number of amides is 2. The van der Waals surface area contributed by atoms with Gasteiger partial charge in [0.1, 0.15) is 0 Å². The molecule has 58 valence electrons. The van der Waals surface area contributed by atoms with Crippen LogP contribution in [0.5, 0.6) is 0 Å². The predicted octanol–water partition coefficient (Wildman–Crippen LogP) is 1.01. The fourth-order valence-electron chi connectivity index (χ4n) is 0.730. The number of primary amides is 1. The van der Waals surface area contributed by atoms with Crippen LogP contribution in [-0.4, -0.2) is 12.1 Å². The highest BCUT2D eigenvalue weighted by Gasteiger charge is 2.03. The number of carbonyl (C=O) groups is 1. The molecule has 0 saturated heterocycles. The second-order valence-electron chi connectivity index (χ2n) is 2.14. The Bertz CT molecular complexity index is 123. The van der Waals surface area contributed by atoms with Crippen molar-refractivity contribution in [3.63, 3.8) is 0 Å². The molecule has 1 atom stereocenters. The predicted molar refractivity (Wildman–Crippen MR) is 41.6 cm³/mol. The average Bonchev–Trinajstić information content (AvgIpc) is 1.86. The van der Waals surface area contributed by atoms with Crippen LogP contribution >= 0.6 is 0 Å². The molecule has 0 aromatic rings. The summed E-state index contributed by atoms with van der Waals surface area (Å²) in [5.41, 5.74) is 4.91. The molecule has 0 bridgehead atoms. The van der Waals surface area contributed by atoms with Gasteiger partial charge in [0.2, 0.25) is 0 Å². The number of rotatable bonds is 4. The number of carbonyl (C=O) groups excluding carboxylic acids is 1. The quantitative estimate of drug-likeness (QED) is 0.565. The third-order valence-electron chi connectivity index (χ3n) is 1.29. The Labute approximate surface area is 61.3 Å². The van der Waals surface area contributed by atoms with Crippen molar-refractivity contribution < 1.29 is 4.79 Å². The van der Waals surface area contributed by atoms with E-state index < -0.39 is 6.03 Å². The molecule has 10 heavy (non-hydrogen) atoms. The highest BCUT2D eigenvalue weighted by atomic mass is 16.2. The Morgan fingerprint density at radius 2 is 2.50 bits per heavy atom. The topological polar surface area (TPSA) is 55.1 Å². The fourth-order valence-corrected chi connectivity index (χ4v) is 0.730. The molecule has 0 fully saturated rings. The van der Waals surface area contributed by atoms with Crippen LogP contribution < -0.4 is 11.1 Å². The molecule has 3 heteroatoms. The van der Waals surface area contributed by atoms with Crippen LogP contribution in [0.2, 0.25) is 0 Å². The number of hydrogen-bond acceptors (Lipinski definition) is 1. The fraction of sp³-hybridized carbons (Fsp3) is 0.571. The van der Waals surface area contributed by atoms with E-state index in [2.05, 4.69) is 11.9 Å². The standard InChI is InChI=1S/C7H14N2O/c1-3-5-6(4-2)9-7(8)10/h3,6H,1,4-5H2,2H3,(H3,8,9,10). The number of nitrogens with one attached hydrogen (secondary N) is 1. The van der Waals surface area contributed by atoms with Gasteiger partial charge in [0.15, 0.2) is 0 Å². The molecule has 0 aliphatic heterocycles. The van der Waals surface area contributed by atoms with Crippen LogP contribution in [-0.2, 0) is 0 Å². The number of nitrogens with two attached hydrogens (primary N) is 1. The largest absolute Gasteiger partial charge is 0.352 e. The Balaban J connectivity index is 3.59. The monoisotopic (exact) mass is 142 g/mol. The molecule has 0 heterocycles. The first-order valence-electron chi connectivity index (χ1n) is 3.37. The molecular weight excluding hydrogens is 128 g/mol.